The average molecular weight is 275 g/mol. The van der Waals surface area contributed by atoms with Gasteiger partial charge in [-0.15, -0.1) is 0 Å². The predicted octanol–water partition coefficient (Wildman–Crippen LogP) is 4.16. The van der Waals surface area contributed by atoms with E-state index in [1.54, 1.807) is 0 Å². The van der Waals surface area contributed by atoms with E-state index >= 15 is 0 Å². The van der Waals surface area contributed by atoms with Crippen molar-refractivity contribution < 1.29 is 0 Å². The summed E-state index contributed by atoms with van der Waals surface area (Å²) in [6.45, 7) is 7.12. The van der Waals surface area contributed by atoms with Crippen molar-refractivity contribution in [1.82, 2.24) is 4.98 Å². The monoisotopic (exact) mass is 275 g/mol. The van der Waals surface area contributed by atoms with Crippen LogP contribution in [0.15, 0.2) is 18.5 Å². The number of nitrogens with one attached hydrogen (secondary N) is 1. The minimum absolute atomic E-state index is 0.452. The highest BCUT2D eigenvalue weighted by atomic mass is 15.1. The Morgan fingerprint density at radius 2 is 1.80 bits per heavy atom. The molecule has 20 heavy (non-hydrogen) atoms. The summed E-state index contributed by atoms with van der Waals surface area (Å²) in [6, 6.07) is 2.67. The van der Waals surface area contributed by atoms with Crippen LogP contribution in [0.4, 0.5) is 11.4 Å². The van der Waals surface area contributed by atoms with Gasteiger partial charge in [0.25, 0.3) is 0 Å². The Kier molecular flexibility index (Phi) is 4.56. The summed E-state index contributed by atoms with van der Waals surface area (Å²) >= 11 is 0. The molecule has 3 heteroatoms. The molecule has 0 unspecified atom stereocenters. The minimum atomic E-state index is 0.452. The van der Waals surface area contributed by atoms with Gasteiger partial charge in [0.15, 0.2) is 0 Å². The molecular formula is C17H29N3. The van der Waals surface area contributed by atoms with Gasteiger partial charge in [-0.25, -0.2) is 0 Å². The quantitative estimate of drug-likeness (QED) is 0.897. The summed E-state index contributed by atoms with van der Waals surface area (Å²) in [5.41, 5.74) is 2.84. The largest absolute Gasteiger partial charge is 0.379 e. The number of pyridine rings is 1. The van der Waals surface area contributed by atoms with Crippen LogP contribution in [0.25, 0.3) is 0 Å². The van der Waals surface area contributed by atoms with Crippen molar-refractivity contribution in [2.45, 2.75) is 52.5 Å². The van der Waals surface area contributed by atoms with E-state index in [1.165, 1.54) is 31.4 Å². The molecule has 1 aromatic rings. The van der Waals surface area contributed by atoms with Gasteiger partial charge in [0, 0.05) is 26.3 Å². The molecule has 0 aromatic carbocycles. The Balaban J connectivity index is 1.96. The van der Waals surface area contributed by atoms with Gasteiger partial charge in [0.1, 0.15) is 0 Å². The Hall–Kier alpha value is -1.25. The SMILES string of the molecule is CN(C)c1ccncc1NC1CCC(C(C)(C)C)CC1. The fourth-order valence-electron chi connectivity index (χ4n) is 3.21. The van der Waals surface area contributed by atoms with E-state index in [0.29, 0.717) is 11.5 Å². The smallest absolute Gasteiger partial charge is 0.0766 e. The second-order valence-corrected chi connectivity index (χ2v) is 7.35. The van der Waals surface area contributed by atoms with Crippen LogP contribution in [0.2, 0.25) is 0 Å². The summed E-state index contributed by atoms with van der Waals surface area (Å²) < 4.78 is 0. The molecule has 0 radical (unpaired) electrons. The lowest BCUT2D eigenvalue weighted by atomic mass is 9.71. The van der Waals surface area contributed by atoms with Crippen LogP contribution in [-0.2, 0) is 0 Å². The first-order valence-electron chi connectivity index (χ1n) is 7.76. The number of nitrogens with zero attached hydrogens (tertiary/aromatic N) is 2. The van der Waals surface area contributed by atoms with Crippen LogP contribution in [-0.4, -0.2) is 25.1 Å². The van der Waals surface area contributed by atoms with E-state index in [9.17, 15) is 0 Å². The Labute approximate surface area is 123 Å². The molecule has 1 aromatic heterocycles. The Morgan fingerprint density at radius 3 is 2.35 bits per heavy atom. The number of hydrogen-bond donors (Lipinski definition) is 1. The first kappa shape index (κ1) is 15.1. The Morgan fingerprint density at radius 1 is 1.15 bits per heavy atom. The summed E-state index contributed by atoms with van der Waals surface area (Å²) in [5, 5.41) is 3.70. The molecule has 1 aliphatic carbocycles. The first-order valence-corrected chi connectivity index (χ1v) is 7.76. The predicted molar refractivity (Wildman–Crippen MR) is 87.4 cm³/mol. The maximum atomic E-state index is 4.26. The van der Waals surface area contributed by atoms with Crippen LogP contribution in [0.3, 0.4) is 0 Å². The summed E-state index contributed by atoms with van der Waals surface area (Å²) in [6.07, 6.45) is 9.01. The molecule has 1 fully saturated rings. The maximum Gasteiger partial charge on any atom is 0.0766 e. The van der Waals surface area contributed by atoms with Crippen LogP contribution in [0, 0.1) is 11.3 Å². The van der Waals surface area contributed by atoms with E-state index in [0.717, 1.165) is 11.6 Å². The number of aromatic nitrogens is 1. The summed E-state index contributed by atoms with van der Waals surface area (Å²) in [4.78, 5) is 6.40. The zero-order valence-corrected chi connectivity index (χ0v) is 13.6. The van der Waals surface area contributed by atoms with Crippen molar-refractivity contribution in [3.05, 3.63) is 18.5 Å². The fraction of sp³-hybridized carbons (Fsp3) is 0.706. The average Bonchev–Trinajstić information content (AvgIpc) is 2.38. The highest BCUT2D eigenvalue weighted by molar-refractivity contribution is 5.68. The highest BCUT2D eigenvalue weighted by Gasteiger charge is 2.29. The zero-order valence-electron chi connectivity index (χ0n) is 13.6. The lowest BCUT2D eigenvalue weighted by Crippen LogP contribution is -2.32. The van der Waals surface area contributed by atoms with E-state index in [1.807, 2.05) is 12.4 Å². The lowest BCUT2D eigenvalue weighted by molar-refractivity contribution is 0.173. The molecule has 1 saturated carbocycles. The summed E-state index contributed by atoms with van der Waals surface area (Å²) in [7, 11) is 4.16. The van der Waals surface area contributed by atoms with Crippen molar-refractivity contribution >= 4 is 11.4 Å². The second-order valence-electron chi connectivity index (χ2n) is 7.35. The molecule has 0 aliphatic heterocycles. The molecule has 1 aliphatic rings. The molecule has 1 N–H and O–H groups in total. The van der Waals surface area contributed by atoms with Gasteiger partial charge >= 0.3 is 0 Å². The van der Waals surface area contributed by atoms with Gasteiger partial charge < -0.3 is 10.2 Å². The summed E-state index contributed by atoms with van der Waals surface area (Å²) in [5.74, 6) is 0.864. The lowest BCUT2D eigenvalue weighted by Gasteiger charge is -2.37. The van der Waals surface area contributed by atoms with Crippen molar-refractivity contribution in [2.75, 3.05) is 24.3 Å². The van der Waals surface area contributed by atoms with Crippen molar-refractivity contribution in [3.63, 3.8) is 0 Å². The van der Waals surface area contributed by atoms with Gasteiger partial charge in [-0.1, -0.05) is 20.8 Å². The van der Waals surface area contributed by atoms with Gasteiger partial charge in [0.2, 0.25) is 0 Å². The highest BCUT2D eigenvalue weighted by Crippen LogP contribution is 2.38. The normalized spacial score (nSPS) is 23.4. The van der Waals surface area contributed by atoms with E-state index in [4.69, 9.17) is 0 Å². The molecular weight excluding hydrogens is 246 g/mol. The number of anilines is 2. The Bertz CT molecular complexity index is 426. The molecule has 0 saturated heterocycles. The third-order valence-corrected chi connectivity index (χ3v) is 4.59. The molecule has 0 atom stereocenters. The number of rotatable bonds is 3. The molecule has 0 spiro atoms. The fourth-order valence-corrected chi connectivity index (χ4v) is 3.21. The van der Waals surface area contributed by atoms with Crippen molar-refractivity contribution in [3.8, 4) is 0 Å². The molecule has 0 amide bonds. The van der Waals surface area contributed by atoms with Crippen molar-refractivity contribution in [2.24, 2.45) is 11.3 Å². The van der Waals surface area contributed by atoms with Crippen LogP contribution in [0.5, 0.6) is 0 Å². The van der Waals surface area contributed by atoms with Gasteiger partial charge in [-0.3, -0.25) is 4.98 Å². The standard InChI is InChI=1S/C17H29N3/c1-17(2,3)13-6-8-14(9-7-13)19-15-12-18-11-10-16(15)20(4)5/h10-14,19H,6-9H2,1-5H3. The van der Waals surface area contributed by atoms with E-state index < -0.39 is 0 Å². The van der Waals surface area contributed by atoms with Crippen LogP contribution >= 0.6 is 0 Å². The molecule has 0 bridgehead atoms. The third-order valence-electron chi connectivity index (χ3n) is 4.59. The zero-order chi connectivity index (χ0) is 14.8. The molecule has 1 heterocycles. The molecule has 112 valence electrons. The van der Waals surface area contributed by atoms with E-state index in [2.05, 4.69) is 56.1 Å². The van der Waals surface area contributed by atoms with Gasteiger partial charge in [-0.05, 0) is 43.1 Å². The maximum absolute atomic E-state index is 4.26. The second kappa shape index (κ2) is 6.02. The van der Waals surface area contributed by atoms with Crippen LogP contribution < -0.4 is 10.2 Å². The van der Waals surface area contributed by atoms with E-state index in [-0.39, 0.29) is 0 Å². The van der Waals surface area contributed by atoms with Gasteiger partial charge in [-0.2, -0.15) is 0 Å². The molecule has 2 rings (SSSR count). The topological polar surface area (TPSA) is 28.2 Å². The molecule has 3 nitrogen and oxygen atoms in total. The van der Waals surface area contributed by atoms with Crippen LogP contribution in [0.1, 0.15) is 46.5 Å². The number of hydrogen-bond acceptors (Lipinski definition) is 3. The first-order chi connectivity index (χ1) is 9.38. The van der Waals surface area contributed by atoms with Crippen molar-refractivity contribution in [1.29, 1.82) is 0 Å². The van der Waals surface area contributed by atoms with Gasteiger partial charge in [0.05, 0.1) is 17.6 Å². The third kappa shape index (κ3) is 3.65. The minimum Gasteiger partial charge on any atom is -0.379 e.